The van der Waals surface area contributed by atoms with Gasteiger partial charge >= 0.3 is 0 Å². The topological polar surface area (TPSA) is 79.0 Å². The van der Waals surface area contributed by atoms with Crippen LogP contribution in [0.5, 0.6) is 5.75 Å². The average molecular weight is 364 g/mol. The number of nitrogens with one attached hydrogen (secondary N) is 3. The molecule has 1 aliphatic carbocycles. The molecule has 0 aliphatic heterocycles. The lowest BCUT2D eigenvalue weighted by Crippen LogP contribution is -2.28. The number of nitrogens with zero attached hydrogens (tertiary/aromatic N) is 1. The van der Waals surface area contributed by atoms with Gasteiger partial charge in [-0.25, -0.2) is 4.98 Å². The van der Waals surface area contributed by atoms with Crippen LogP contribution in [0.3, 0.4) is 0 Å². The molecule has 27 heavy (non-hydrogen) atoms. The third-order valence-electron chi connectivity index (χ3n) is 5.13. The first-order chi connectivity index (χ1) is 13.2. The van der Waals surface area contributed by atoms with E-state index in [1.165, 1.54) is 24.8 Å². The predicted octanol–water partition coefficient (Wildman–Crippen LogP) is 3.51. The first kappa shape index (κ1) is 17.4. The van der Waals surface area contributed by atoms with Gasteiger partial charge < -0.3 is 20.4 Å². The Labute approximate surface area is 158 Å². The Morgan fingerprint density at radius 3 is 2.96 bits per heavy atom. The van der Waals surface area contributed by atoms with Crippen molar-refractivity contribution in [2.45, 2.75) is 31.7 Å². The van der Waals surface area contributed by atoms with Gasteiger partial charge in [0.1, 0.15) is 11.6 Å². The van der Waals surface area contributed by atoms with Gasteiger partial charge in [0.05, 0.1) is 7.11 Å². The smallest absolute Gasteiger partial charge is 0.251 e. The van der Waals surface area contributed by atoms with Gasteiger partial charge in [-0.1, -0.05) is 0 Å². The molecule has 1 amide bonds. The lowest BCUT2D eigenvalue weighted by molar-refractivity contribution is 0.0954. The standard InChI is InChI=1S/C21H24N4O2/c1-27-17-5-6-18-15(13-24-19(18)12-17)8-10-23-21(26)14-7-9-22-20(11-14)25-16-3-2-4-16/h5-7,9,11-13,16,24H,2-4,8,10H2,1H3,(H,22,25)(H,23,26). The normalized spacial score (nSPS) is 14.0. The summed E-state index contributed by atoms with van der Waals surface area (Å²) >= 11 is 0. The van der Waals surface area contributed by atoms with Crippen molar-refractivity contribution in [1.29, 1.82) is 0 Å². The van der Waals surface area contributed by atoms with Crippen molar-refractivity contribution < 1.29 is 9.53 Å². The summed E-state index contributed by atoms with van der Waals surface area (Å²) in [7, 11) is 1.66. The van der Waals surface area contributed by atoms with E-state index < -0.39 is 0 Å². The summed E-state index contributed by atoms with van der Waals surface area (Å²) in [5.74, 6) is 1.53. The molecule has 0 bridgehead atoms. The molecule has 2 aromatic heterocycles. The zero-order chi connectivity index (χ0) is 18.6. The number of methoxy groups -OCH3 is 1. The number of carbonyl (C=O) groups excluding carboxylic acids is 1. The van der Waals surface area contributed by atoms with Crippen LogP contribution in [0, 0.1) is 0 Å². The number of pyridine rings is 1. The molecule has 3 aromatic rings. The molecule has 140 valence electrons. The molecule has 0 unspecified atom stereocenters. The molecule has 6 nitrogen and oxygen atoms in total. The Bertz CT molecular complexity index is 946. The fraction of sp³-hybridized carbons (Fsp3) is 0.333. The number of fused-ring (bicyclic) bond motifs is 1. The Balaban J connectivity index is 1.35. The zero-order valence-corrected chi connectivity index (χ0v) is 15.4. The molecule has 0 saturated heterocycles. The van der Waals surface area contributed by atoms with Crippen molar-refractivity contribution in [1.82, 2.24) is 15.3 Å². The maximum atomic E-state index is 12.5. The van der Waals surface area contributed by atoms with Crippen LogP contribution >= 0.6 is 0 Å². The van der Waals surface area contributed by atoms with Crippen LogP contribution in [-0.2, 0) is 6.42 Å². The molecule has 2 heterocycles. The summed E-state index contributed by atoms with van der Waals surface area (Å²) < 4.78 is 5.25. The number of anilines is 1. The summed E-state index contributed by atoms with van der Waals surface area (Å²) in [6.07, 6.45) is 8.05. The molecular weight excluding hydrogens is 340 g/mol. The number of aromatic nitrogens is 2. The lowest BCUT2D eigenvalue weighted by Gasteiger charge is -2.26. The van der Waals surface area contributed by atoms with Crippen molar-refractivity contribution in [2.24, 2.45) is 0 Å². The number of hydrogen-bond acceptors (Lipinski definition) is 4. The van der Waals surface area contributed by atoms with E-state index in [4.69, 9.17) is 4.74 Å². The van der Waals surface area contributed by atoms with Gasteiger partial charge in [0.15, 0.2) is 0 Å². The van der Waals surface area contributed by atoms with Crippen LogP contribution in [0.4, 0.5) is 5.82 Å². The van der Waals surface area contributed by atoms with Gasteiger partial charge in [-0.3, -0.25) is 4.79 Å². The first-order valence-corrected chi connectivity index (χ1v) is 9.38. The van der Waals surface area contributed by atoms with E-state index in [-0.39, 0.29) is 5.91 Å². The summed E-state index contributed by atoms with van der Waals surface area (Å²) in [4.78, 5) is 20.0. The van der Waals surface area contributed by atoms with Crippen LogP contribution in [0.1, 0.15) is 35.2 Å². The van der Waals surface area contributed by atoms with Gasteiger partial charge in [0, 0.05) is 47.5 Å². The fourth-order valence-corrected chi connectivity index (χ4v) is 3.32. The second-order valence-electron chi connectivity index (χ2n) is 6.93. The van der Waals surface area contributed by atoms with Crippen molar-refractivity contribution >= 4 is 22.6 Å². The summed E-state index contributed by atoms with van der Waals surface area (Å²) in [6.45, 7) is 0.575. The SMILES string of the molecule is COc1ccc2c(CCNC(=O)c3ccnc(NC4CCC4)c3)c[nH]c2c1. The minimum atomic E-state index is -0.0735. The molecule has 0 spiro atoms. The predicted molar refractivity (Wildman–Crippen MR) is 106 cm³/mol. The van der Waals surface area contributed by atoms with Crippen molar-refractivity contribution in [3.8, 4) is 5.75 Å². The number of aromatic amines is 1. The number of amides is 1. The van der Waals surface area contributed by atoms with Crippen molar-refractivity contribution in [3.05, 3.63) is 53.9 Å². The van der Waals surface area contributed by atoms with E-state index in [0.717, 1.165) is 28.9 Å². The van der Waals surface area contributed by atoms with Crippen molar-refractivity contribution in [3.63, 3.8) is 0 Å². The number of H-pyrrole nitrogens is 1. The Morgan fingerprint density at radius 2 is 2.19 bits per heavy atom. The van der Waals surface area contributed by atoms with Gasteiger partial charge in [0.25, 0.3) is 5.91 Å². The van der Waals surface area contributed by atoms with E-state index in [2.05, 4.69) is 20.6 Å². The molecule has 1 aliphatic rings. The highest BCUT2D eigenvalue weighted by Gasteiger charge is 2.17. The van der Waals surface area contributed by atoms with Gasteiger partial charge in [-0.2, -0.15) is 0 Å². The minimum absolute atomic E-state index is 0.0735. The highest BCUT2D eigenvalue weighted by molar-refractivity contribution is 5.94. The quantitative estimate of drug-likeness (QED) is 0.599. The molecule has 4 rings (SSSR count). The van der Waals surface area contributed by atoms with Gasteiger partial charge in [-0.15, -0.1) is 0 Å². The van der Waals surface area contributed by atoms with E-state index in [1.54, 1.807) is 19.4 Å². The summed E-state index contributed by atoms with van der Waals surface area (Å²) in [5, 5.41) is 7.53. The number of benzene rings is 1. The fourth-order valence-electron chi connectivity index (χ4n) is 3.32. The van der Waals surface area contributed by atoms with E-state index in [1.807, 2.05) is 30.5 Å². The number of rotatable bonds is 7. The molecular formula is C21H24N4O2. The van der Waals surface area contributed by atoms with Crippen LogP contribution in [0.2, 0.25) is 0 Å². The molecule has 1 aromatic carbocycles. The molecule has 0 radical (unpaired) electrons. The highest BCUT2D eigenvalue weighted by Crippen LogP contribution is 2.24. The van der Waals surface area contributed by atoms with E-state index in [9.17, 15) is 4.79 Å². The lowest BCUT2D eigenvalue weighted by atomic mass is 9.93. The number of ether oxygens (including phenoxy) is 1. The monoisotopic (exact) mass is 364 g/mol. The number of hydrogen-bond donors (Lipinski definition) is 3. The molecule has 1 saturated carbocycles. The zero-order valence-electron chi connectivity index (χ0n) is 15.4. The van der Waals surface area contributed by atoms with Gasteiger partial charge in [0.2, 0.25) is 0 Å². The summed E-state index contributed by atoms with van der Waals surface area (Å²) in [5.41, 5.74) is 2.85. The second kappa shape index (κ2) is 7.70. The number of carbonyl (C=O) groups is 1. The average Bonchev–Trinajstić information content (AvgIpc) is 3.07. The molecule has 6 heteroatoms. The van der Waals surface area contributed by atoms with E-state index in [0.29, 0.717) is 18.2 Å². The van der Waals surface area contributed by atoms with E-state index >= 15 is 0 Å². The third kappa shape index (κ3) is 3.89. The summed E-state index contributed by atoms with van der Waals surface area (Å²) in [6, 6.07) is 10.0. The first-order valence-electron chi connectivity index (χ1n) is 9.38. The maximum absolute atomic E-state index is 12.5. The van der Waals surface area contributed by atoms with Crippen LogP contribution in [0.15, 0.2) is 42.7 Å². The van der Waals surface area contributed by atoms with Crippen LogP contribution in [0.25, 0.3) is 10.9 Å². The Kier molecular flexibility index (Phi) is 4.96. The highest BCUT2D eigenvalue weighted by atomic mass is 16.5. The van der Waals surface area contributed by atoms with Crippen molar-refractivity contribution in [2.75, 3.05) is 19.0 Å². The Morgan fingerprint density at radius 1 is 1.30 bits per heavy atom. The minimum Gasteiger partial charge on any atom is -0.497 e. The van der Waals surface area contributed by atoms with Crippen LogP contribution < -0.4 is 15.4 Å². The van der Waals surface area contributed by atoms with Gasteiger partial charge in [-0.05, 0) is 55.5 Å². The molecule has 3 N–H and O–H groups in total. The second-order valence-corrected chi connectivity index (χ2v) is 6.93. The largest absolute Gasteiger partial charge is 0.497 e. The Hall–Kier alpha value is -3.02. The van der Waals surface area contributed by atoms with Crippen LogP contribution in [-0.4, -0.2) is 35.6 Å². The maximum Gasteiger partial charge on any atom is 0.251 e. The third-order valence-corrected chi connectivity index (χ3v) is 5.13. The molecule has 0 atom stereocenters. The molecule has 1 fully saturated rings.